The van der Waals surface area contributed by atoms with Crippen molar-refractivity contribution in [2.24, 2.45) is 0 Å². The predicted molar refractivity (Wildman–Crippen MR) is 88.2 cm³/mol. The molecule has 2 N–H and O–H groups in total. The fraction of sp³-hybridized carbons (Fsp3) is 0.538. The molecule has 1 aliphatic heterocycles. The van der Waals surface area contributed by atoms with Crippen LogP contribution in [0.15, 0.2) is 16.6 Å². The number of halogens is 5. The Morgan fingerprint density at radius 1 is 1.24 bits per heavy atom. The largest absolute Gasteiger partial charge is 0.507 e. The highest BCUT2D eigenvalue weighted by atomic mass is 79.9. The van der Waals surface area contributed by atoms with Crippen molar-refractivity contribution in [2.75, 3.05) is 26.2 Å². The molecule has 21 heavy (non-hydrogen) atoms. The van der Waals surface area contributed by atoms with Gasteiger partial charge in [0.05, 0.1) is 0 Å². The van der Waals surface area contributed by atoms with Crippen LogP contribution in [0.1, 0.15) is 17.2 Å². The number of piperazine rings is 1. The molecule has 0 aliphatic carbocycles. The van der Waals surface area contributed by atoms with Crippen LogP contribution in [0.5, 0.6) is 5.75 Å². The molecular formula is C13H19BrCl2F2N2O. The van der Waals surface area contributed by atoms with E-state index in [-0.39, 0.29) is 30.6 Å². The molecule has 1 aliphatic rings. The average Bonchev–Trinajstić information content (AvgIpc) is 2.36. The van der Waals surface area contributed by atoms with E-state index in [1.807, 2.05) is 0 Å². The molecule has 1 heterocycles. The molecule has 0 saturated carbocycles. The van der Waals surface area contributed by atoms with Crippen molar-refractivity contribution in [2.45, 2.75) is 19.4 Å². The highest BCUT2D eigenvalue weighted by Crippen LogP contribution is 2.37. The quantitative estimate of drug-likeness (QED) is 0.804. The van der Waals surface area contributed by atoms with Crippen LogP contribution >= 0.6 is 40.7 Å². The van der Waals surface area contributed by atoms with Crippen LogP contribution in [0.4, 0.5) is 8.78 Å². The topological polar surface area (TPSA) is 35.5 Å². The molecule has 1 atom stereocenters. The van der Waals surface area contributed by atoms with E-state index in [2.05, 4.69) is 21.2 Å². The Morgan fingerprint density at radius 3 is 2.33 bits per heavy atom. The number of rotatable bonds is 3. The van der Waals surface area contributed by atoms with Crippen molar-refractivity contribution < 1.29 is 13.9 Å². The number of hydrogen-bond donors (Lipinski definition) is 2. The summed E-state index contributed by atoms with van der Waals surface area (Å²) in [7, 11) is 0. The first-order valence-electron chi connectivity index (χ1n) is 6.22. The number of nitrogens with one attached hydrogen (secondary N) is 1. The molecule has 1 fully saturated rings. The zero-order valence-corrected chi connectivity index (χ0v) is 14.7. The lowest BCUT2D eigenvalue weighted by atomic mass is 10.0. The van der Waals surface area contributed by atoms with E-state index in [9.17, 15) is 13.9 Å². The molecule has 1 saturated heterocycles. The molecular weight excluding hydrogens is 389 g/mol. The average molecular weight is 408 g/mol. The van der Waals surface area contributed by atoms with E-state index in [1.165, 1.54) is 0 Å². The summed E-state index contributed by atoms with van der Waals surface area (Å²) in [6.07, 6.45) is -2.53. The van der Waals surface area contributed by atoms with Crippen molar-refractivity contribution in [1.29, 1.82) is 0 Å². The van der Waals surface area contributed by atoms with Crippen molar-refractivity contribution in [1.82, 2.24) is 10.2 Å². The second-order valence-corrected chi connectivity index (χ2v) is 5.64. The minimum Gasteiger partial charge on any atom is -0.507 e. The number of phenols is 1. The zero-order chi connectivity index (χ0) is 14.0. The lowest BCUT2D eigenvalue weighted by Crippen LogP contribution is -2.46. The molecule has 122 valence electrons. The Labute approximate surface area is 144 Å². The maximum absolute atomic E-state index is 13.4. The molecule has 1 aromatic rings. The van der Waals surface area contributed by atoms with E-state index < -0.39 is 12.5 Å². The Balaban J connectivity index is 0.00000200. The van der Waals surface area contributed by atoms with Crippen LogP contribution in [-0.4, -0.2) is 42.6 Å². The number of hydrogen-bond acceptors (Lipinski definition) is 3. The first-order valence-corrected chi connectivity index (χ1v) is 7.02. The van der Waals surface area contributed by atoms with Crippen molar-refractivity contribution in [3.8, 4) is 5.75 Å². The molecule has 0 bridgehead atoms. The van der Waals surface area contributed by atoms with Gasteiger partial charge in [-0.15, -0.1) is 24.8 Å². The number of nitrogens with zero attached hydrogens (tertiary/aromatic N) is 1. The Kier molecular flexibility index (Phi) is 9.04. The van der Waals surface area contributed by atoms with Gasteiger partial charge in [-0.3, -0.25) is 4.90 Å². The van der Waals surface area contributed by atoms with Gasteiger partial charge in [0.1, 0.15) is 11.8 Å². The van der Waals surface area contributed by atoms with Gasteiger partial charge in [0.25, 0.3) is 6.43 Å². The van der Waals surface area contributed by atoms with Crippen molar-refractivity contribution >= 4 is 40.7 Å². The van der Waals surface area contributed by atoms with Crippen molar-refractivity contribution in [3.63, 3.8) is 0 Å². The Morgan fingerprint density at radius 2 is 1.81 bits per heavy atom. The summed E-state index contributed by atoms with van der Waals surface area (Å²) in [6.45, 7) is 4.21. The van der Waals surface area contributed by atoms with E-state index in [4.69, 9.17) is 0 Å². The summed E-state index contributed by atoms with van der Waals surface area (Å²) >= 11 is 3.30. The van der Waals surface area contributed by atoms with E-state index in [0.717, 1.165) is 0 Å². The lowest BCUT2D eigenvalue weighted by Gasteiger charge is -2.35. The highest BCUT2D eigenvalue weighted by molar-refractivity contribution is 9.10. The number of aromatic hydroxyl groups is 1. The van der Waals surface area contributed by atoms with Gasteiger partial charge in [0.2, 0.25) is 0 Å². The Hall–Kier alpha value is -0.140. The standard InChI is InChI=1S/C13H17BrF2N2O.2ClH/c1-8-6-9(14)7-10(12(8)19)11(13(15)16)18-4-2-17-3-5-18;;/h6-7,11,13,17,19H,2-5H2,1H3;2*1H/t11-;;/m1../s1. The summed E-state index contributed by atoms with van der Waals surface area (Å²) in [5, 5.41) is 13.2. The third kappa shape index (κ3) is 4.93. The maximum atomic E-state index is 13.4. The molecule has 1 aromatic carbocycles. The number of aryl methyl sites for hydroxylation is 1. The van der Waals surface area contributed by atoms with Crippen LogP contribution in [0.2, 0.25) is 0 Å². The molecule has 2 rings (SSSR count). The fourth-order valence-corrected chi connectivity index (χ4v) is 3.03. The molecule has 3 nitrogen and oxygen atoms in total. The van der Waals surface area contributed by atoms with Gasteiger partial charge in [-0.1, -0.05) is 15.9 Å². The summed E-state index contributed by atoms with van der Waals surface area (Å²) in [5.41, 5.74) is 0.897. The summed E-state index contributed by atoms with van der Waals surface area (Å²) < 4.78 is 27.6. The lowest BCUT2D eigenvalue weighted by molar-refractivity contribution is 0.0169. The third-order valence-corrected chi connectivity index (χ3v) is 3.85. The summed E-state index contributed by atoms with van der Waals surface area (Å²) in [6, 6.07) is 2.25. The van der Waals surface area contributed by atoms with Gasteiger partial charge in [-0.2, -0.15) is 0 Å². The van der Waals surface area contributed by atoms with E-state index in [1.54, 1.807) is 24.0 Å². The molecule has 0 aromatic heterocycles. The van der Waals surface area contributed by atoms with Gasteiger partial charge < -0.3 is 10.4 Å². The fourth-order valence-electron chi connectivity index (χ4n) is 2.44. The van der Waals surface area contributed by atoms with Gasteiger partial charge in [-0.25, -0.2) is 8.78 Å². The molecule has 0 spiro atoms. The first kappa shape index (κ1) is 20.9. The number of alkyl halides is 2. The monoisotopic (exact) mass is 406 g/mol. The SMILES string of the molecule is Cc1cc(Br)cc([C@H](C(F)F)N2CCNCC2)c1O.Cl.Cl. The van der Waals surface area contributed by atoms with Crippen molar-refractivity contribution in [3.05, 3.63) is 27.7 Å². The second kappa shape index (κ2) is 9.10. The number of phenolic OH excluding ortho intramolecular Hbond substituents is 1. The van der Waals surface area contributed by atoms with Gasteiger partial charge >= 0.3 is 0 Å². The van der Waals surface area contributed by atoms with Crippen LogP contribution in [-0.2, 0) is 0 Å². The third-order valence-electron chi connectivity index (χ3n) is 3.40. The Bertz CT molecular complexity index is 460. The molecule has 0 amide bonds. The van der Waals surface area contributed by atoms with Crippen LogP contribution < -0.4 is 5.32 Å². The van der Waals surface area contributed by atoms with Gasteiger partial charge in [0, 0.05) is 36.2 Å². The first-order chi connectivity index (χ1) is 9.00. The van der Waals surface area contributed by atoms with E-state index in [0.29, 0.717) is 41.8 Å². The van der Waals surface area contributed by atoms with Gasteiger partial charge in [0.15, 0.2) is 0 Å². The second-order valence-electron chi connectivity index (χ2n) is 4.73. The number of benzene rings is 1. The smallest absolute Gasteiger partial charge is 0.258 e. The zero-order valence-electron chi connectivity index (χ0n) is 11.5. The highest BCUT2D eigenvalue weighted by Gasteiger charge is 2.32. The van der Waals surface area contributed by atoms with Crippen LogP contribution in [0, 0.1) is 6.92 Å². The summed E-state index contributed by atoms with van der Waals surface area (Å²) in [5.74, 6) is -0.0352. The normalized spacial score (nSPS) is 17.0. The molecule has 0 unspecified atom stereocenters. The summed E-state index contributed by atoms with van der Waals surface area (Å²) in [4.78, 5) is 1.72. The van der Waals surface area contributed by atoms with Gasteiger partial charge in [-0.05, 0) is 24.6 Å². The maximum Gasteiger partial charge on any atom is 0.258 e. The molecule has 0 radical (unpaired) electrons. The van der Waals surface area contributed by atoms with Crippen LogP contribution in [0.3, 0.4) is 0 Å². The van der Waals surface area contributed by atoms with E-state index >= 15 is 0 Å². The van der Waals surface area contributed by atoms with Crippen LogP contribution in [0.25, 0.3) is 0 Å². The predicted octanol–water partition coefficient (Wildman–Crippen LogP) is 3.52. The minimum atomic E-state index is -2.53. The minimum absolute atomic E-state index is 0. The molecule has 8 heteroatoms.